The molecule has 0 radical (unpaired) electrons. The number of aryl methyl sites for hydroxylation is 1. The van der Waals surface area contributed by atoms with Gasteiger partial charge in [-0.1, -0.05) is 0 Å². The number of H-pyrrole nitrogens is 1. The second-order valence-corrected chi connectivity index (χ2v) is 4.54. The number of nitrogens with zero attached hydrogens (tertiary/aromatic N) is 3. The normalized spacial score (nSPS) is 14.6. The van der Waals surface area contributed by atoms with Crippen molar-refractivity contribution in [3.8, 4) is 0 Å². The molecular formula is C11H17N5O4. The molecule has 0 aliphatic carbocycles. The number of fused-ring (bicyclic) bond motifs is 1. The smallest absolute Gasteiger partial charge is 0.280 e. The van der Waals surface area contributed by atoms with Gasteiger partial charge in [0.1, 0.15) is 0 Å². The van der Waals surface area contributed by atoms with E-state index in [1.165, 1.54) is 6.33 Å². The summed E-state index contributed by atoms with van der Waals surface area (Å²) >= 11 is 0. The maximum absolute atomic E-state index is 11.6. The molecule has 2 aromatic rings. The summed E-state index contributed by atoms with van der Waals surface area (Å²) in [6.45, 7) is -0.278. The van der Waals surface area contributed by atoms with Crippen LogP contribution >= 0.6 is 0 Å². The van der Waals surface area contributed by atoms with Crippen LogP contribution in [0, 0.1) is 5.92 Å². The topological polar surface area (TPSA) is 150 Å². The number of nitrogens with two attached hydrogens (primary N) is 1. The first-order valence-corrected chi connectivity index (χ1v) is 6.17. The highest BCUT2D eigenvalue weighted by Crippen LogP contribution is 2.13. The Morgan fingerprint density at radius 3 is 2.80 bits per heavy atom. The molecule has 0 aromatic carbocycles. The summed E-state index contributed by atoms with van der Waals surface area (Å²) in [6.07, 6.45) is 0.862. The van der Waals surface area contributed by atoms with E-state index in [1.54, 1.807) is 4.57 Å². The van der Waals surface area contributed by atoms with Gasteiger partial charge in [0.2, 0.25) is 5.95 Å². The minimum atomic E-state index is -0.990. The van der Waals surface area contributed by atoms with Crippen molar-refractivity contribution in [2.75, 3.05) is 18.9 Å². The van der Waals surface area contributed by atoms with Crippen LogP contribution in [-0.2, 0) is 6.54 Å². The van der Waals surface area contributed by atoms with E-state index in [4.69, 9.17) is 10.8 Å². The summed E-state index contributed by atoms with van der Waals surface area (Å²) in [5.74, 6) is -0.463. The van der Waals surface area contributed by atoms with Gasteiger partial charge in [0.05, 0.1) is 19.0 Å². The fourth-order valence-electron chi connectivity index (χ4n) is 1.99. The lowest BCUT2D eigenvalue weighted by Crippen LogP contribution is -2.28. The number of aromatic nitrogens is 4. The van der Waals surface area contributed by atoms with Gasteiger partial charge in [0.15, 0.2) is 11.2 Å². The molecule has 0 aliphatic heterocycles. The van der Waals surface area contributed by atoms with Crippen LogP contribution in [0.2, 0.25) is 0 Å². The van der Waals surface area contributed by atoms with E-state index in [9.17, 15) is 15.0 Å². The van der Waals surface area contributed by atoms with E-state index >= 15 is 0 Å². The Morgan fingerprint density at radius 1 is 1.40 bits per heavy atom. The number of aliphatic hydroxyl groups is 3. The molecule has 0 spiro atoms. The highest BCUT2D eigenvalue weighted by molar-refractivity contribution is 5.70. The number of nitrogens with one attached hydrogen (secondary N) is 1. The predicted octanol–water partition coefficient (Wildman–Crippen LogP) is -1.95. The van der Waals surface area contributed by atoms with Crippen molar-refractivity contribution >= 4 is 17.1 Å². The lowest BCUT2D eigenvalue weighted by Gasteiger charge is -2.18. The van der Waals surface area contributed by atoms with Crippen LogP contribution in [0.3, 0.4) is 0 Å². The quantitative estimate of drug-likeness (QED) is 0.413. The summed E-state index contributed by atoms with van der Waals surface area (Å²) < 4.78 is 1.62. The Balaban J connectivity index is 2.20. The summed E-state index contributed by atoms with van der Waals surface area (Å²) in [5.41, 5.74) is 5.60. The third kappa shape index (κ3) is 2.79. The van der Waals surface area contributed by atoms with Crippen LogP contribution in [0.25, 0.3) is 11.2 Å². The Kier molecular flexibility index (Phi) is 4.32. The summed E-state index contributed by atoms with van der Waals surface area (Å²) in [6, 6.07) is 0. The third-order valence-corrected chi connectivity index (χ3v) is 3.20. The van der Waals surface area contributed by atoms with Crippen molar-refractivity contribution in [1.82, 2.24) is 19.5 Å². The highest BCUT2D eigenvalue weighted by Gasteiger charge is 2.18. The van der Waals surface area contributed by atoms with Crippen LogP contribution in [0.4, 0.5) is 5.95 Å². The molecule has 0 bridgehead atoms. The number of imidazole rings is 1. The second-order valence-electron chi connectivity index (χ2n) is 4.54. The average Bonchev–Trinajstić information content (AvgIpc) is 2.82. The maximum atomic E-state index is 11.6. The zero-order valence-electron chi connectivity index (χ0n) is 10.7. The number of hydrogen-bond acceptors (Lipinski definition) is 7. The second kappa shape index (κ2) is 5.99. The van der Waals surface area contributed by atoms with Gasteiger partial charge < -0.3 is 25.6 Å². The molecule has 9 nitrogen and oxygen atoms in total. The van der Waals surface area contributed by atoms with E-state index in [0.29, 0.717) is 18.6 Å². The fourth-order valence-corrected chi connectivity index (χ4v) is 1.99. The van der Waals surface area contributed by atoms with Crippen molar-refractivity contribution in [2.45, 2.75) is 19.1 Å². The van der Waals surface area contributed by atoms with Gasteiger partial charge in [-0.25, -0.2) is 4.98 Å². The minimum Gasteiger partial charge on any atom is -0.396 e. The van der Waals surface area contributed by atoms with Gasteiger partial charge in [-0.15, -0.1) is 0 Å². The van der Waals surface area contributed by atoms with Crippen molar-refractivity contribution in [3.05, 3.63) is 16.7 Å². The summed E-state index contributed by atoms with van der Waals surface area (Å²) in [7, 11) is 0. The van der Waals surface area contributed by atoms with E-state index < -0.39 is 24.2 Å². The molecule has 2 unspecified atom stereocenters. The van der Waals surface area contributed by atoms with E-state index in [2.05, 4.69) is 15.0 Å². The van der Waals surface area contributed by atoms with E-state index in [-0.39, 0.29) is 18.1 Å². The largest absolute Gasteiger partial charge is 0.396 e. The number of anilines is 1. The standard InChI is InChI=1S/C11H17N5O4/c12-11-14-9-8(10(20)15-11)13-5-16(9)2-1-6(3-17)7(19)4-18/h5-7,17-19H,1-4H2,(H3,12,14,15,20). The third-order valence-electron chi connectivity index (χ3n) is 3.20. The summed E-state index contributed by atoms with van der Waals surface area (Å²) in [5, 5.41) is 27.6. The number of aromatic amines is 1. The molecule has 2 atom stereocenters. The SMILES string of the molecule is Nc1nc2c(ncn2CCC(CO)C(O)CO)c(=O)[nH]1. The monoisotopic (exact) mass is 283 g/mol. The first kappa shape index (κ1) is 14.4. The Morgan fingerprint density at radius 2 is 2.15 bits per heavy atom. The molecule has 6 N–H and O–H groups in total. The first-order valence-electron chi connectivity index (χ1n) is 6.17. The van der Waals surface area contributed by atoms with Crippen LogP contribution < -0.4 is 11.3 Å². The van der Waals surface area contributed by atoms with Gasteiger partial charge >= 0.3 is 0 Å². The number of nitrogen functional groups attached to an aromatic ring is 1. The van der Waals surface area contributed by atoms with Gasteiger partial charge in [0.25, 0.3) is 5.56 Å². The lowest BCUT2D eigenvalue weighted by atomic mass is 10.0. The molecular weight excluding hydrogens is 266 g/mol. The minimum absolute atomic E-state index is 0.00153. The molecule has 0 fully saturated rings. The number of rotatable bonds is 6. The van der Waals surface area contributed by atoms with Crippen molar-refractivity contribution in [1.29, 1.82) is 0 Å². The maximum Gasteiger partial charge on any atom is 0.280 e. The van der Waals surface area contributed by atoms with E-state index in [1.807, 2.05) is 0 Å². The van der Waals surface area contributed by atoms with Crippen molar-refractivity contribution < 1.29 is 15.3 Å². The van der Waals surface area contributed by atoms with Crippen LogP contribution in [-0.4, -0.2) is 54.2 Å². The van der Waals surface area contributed by atoms with E-state index in [0.717, 1.165) is 0 Å². The molecule has 2 heterocycles. The zero-order chi connectivity index (χ0) is 14.7. The molecule has 2 aromatic heterocycles. The molecule has 9 heteroatoms. The molecule has 110 valence electrons. The Bertz CT molecular complexity index is 637. The molecule has 0 saturated carbocycles. The molecule has 0 saturated heterocycles. The molecule has 0 aliphatic rings. The molecule has 2 rings (SSSR count). The fraction of sp³-hybridized carbons (Fsp3) is 0.545. The number of hydrogen-bond donors (Lipinski definition) is 5. The average molecular weight is 283 g/mol. The molecule has 20 heavy (non-hydrogen) atoms. The van der Waals surface area contributed by atoms with Gasteiger partial charge in [-0.2, -0.15) is 4.98 Å². The lowest BCUT2D eigenvalue weighted by molar-refractivity contribution is 0.0176. The number of aliphatic hydroxyl groups excluding tert-OH is 3. The van der Waals surface area contributed by atoms with Crippen LogP contribution in [0.15, 0.2) is 11.1 Å². The van der Waals surface area contributed by atoms with Crippen molar-refractivity contribution in [2.24, 2.45) is 5.92 Å². The summed E-state index contributed by atoms with van der Waals surface area (Å²) in [4.78, 5) is 21.9. The van der Waals surface area contributed by atoms with Crippen molar-refractivity contribution in [3.63, 3.8) is 0 Å². The Hall–Kier alpha value is -1.97. The van der Waals surface area contributed by atoms with Gasteiger partial charge in [-0.3, -0.25) is 9.78 Å². The predicted molar refractivity (Wildman–Crippen MR) is 70.8 cm³/mol. The van der Waals surface area contributed by atoms with Gasteiger partial charge in [0, 0.05) is 19.1 Å². The zero-order valence-corrected chi connectivity index (χ0v) is 10.7. The highest BCUT2D eigenvalue weighted by atomic mass is 16.3. The van der Waals surface area contributed by atoms with Gasteiger partial charge in [-0.05, 0) is 6.42 Å². The van der Waals surface area contributed by atoms with Crippen LogP contribution in [0.1, 0.15) is 6.42 Å². The first-order chi connectivity index (χ1) is 9.56. The Labute approximate surface area is 113 Å². The van der Waals surface area contributed by atoms with Crippen LogP contribution in [0.5, 0.6) is 0 Å². The molecule has 0 amide bonds.